The van der Waals surface area contributed by atoms with Crippen molar-refractivity contribution in [1.82, 2.24) is 15.1 Å². The third kappa shape index (κ3) is 3.85. The molecule has 0 bridgehead atoms. The number of carbonyl (C=O) groups excluding carboxylic acids is 2. The molecule has 2 atom stereocenters. The average Bonchev–Trinajstić information content (AvgIpc) is 3.09. The van der Waals surface area contributed by atoms with Crippen LogP contribution in [0.1, 0.15) is 17.5 Å². The first-order valence-corrected chi connectivity index (χ1v) is 7.63. The van der Waals surface area contributed by atoms with Crippen LogP contribution in [0.15, 0.2) is 22.8 Å². The number of ether oxygens (including phenoxy) is 1. The van der Waals surface area contributed by atoms with Crippen molar-refractivity contribution < 1.29 is 18.7 Å². The van der Waals surface area contributed by atoms with Crippen molar-refractivity contribution in [2.24, 2.45) is 0 Å². The molecule has 3 heterocycles. The number of hydrogen-bond acceptors (Lipinski definition) is 5. The fraction of sp³-hybridized carbons (Fsp3) is 0.600. The van der Waals surface area contributed by atoms with E-state index in [0.29, 0.717) is 45.1 Å². The number of nitrogens with zero attached hydrogens (tertiary/aromatic N) is 2. The summed E-state index contributed by atoms with van der Waals surface area (Å²) >= 11 is 0. The topological polar surface area (TPSA) is 75.0 Å². The van der Waals surface area contributed by atoms with E-state index in [4.69, 9.17) is 9.15 Å². The van der Waals surface area contributed by atoms with Crippen molar-refractivity contribution >= 4 is 24.2 Å². The second-order valence-electron chi connectivity index (χ2n) is 5.60. The summed E-state index contributed by atoms with van der Waals surface area (Å²) in [7, 11) is 0. The highest BCUT2D eigenvalue weighted by Gasteiger charge is 2.34. The fourth-order valence-corrected chi connectivity index (χ4v) is 2.89. The van der Waals surface area contributed by atoms with Gasteiger partial charge in [-0.05, 0) is 19.1 Å². The van der Waals surface area contributed by atoms with Crippen molar-refractivity contribution in [3.63, 3.8) is 0 Å². The van der Waals surface area contributed by atoms with E-state index in [2.05, 4.69) is 5.32 Å². The molecule has 2 saturated heterocycles. The number of furan rings is 1. The normalized spacial score (nSPS) is 24.9. The third-order valence-electron chi connectivity index (χ3n) is 4.19. The van der Waals surface area contributed by atoms with Gasteiger partial charge in [-0.1, -0.05) is 0 Å². The van der Waals surface area contributed by atoms with E-state index >= 15 is 0 Å². The zero-order chi connectivity index (χ0) is 15.5. The highest BCUT2D eigenvalue weighted by atomic mass is 35.5. The molecular weight excluding hydrogens is 322 g/mol. The lowest BCUT2D eigenvalue weighted by Gasteiger charge is -2.38. The van der Waals surface area contributed by atoms with Gasteiger partial charge in [0.25, 0.3) is 5.91 Å². The molecule has 23 heavy (non-hydrogen) atoms. The minimum absolute atomic E-state index is 0. The Morgan fingerprint density at radius 1 is 1.22 bits per heavy atom. The molecule has 128 valence electrons. The zero-order valence-electron chi connectivity index (χ0n) is 13.1. The monoisotopic (exact) mass is 343 g/mol. The van der Waals surface area contributed by atoms with Crippen molar-refractivity contribution in [3.8, 4) is 0 Å². The van der Waals surface area contributed by atoms with Gasteiger partial charge in [0.2, 0.25) is 5.91 Å². The van der Waals surface area contributed by atoms with E-state index in [0.717, 1.165) is 0 Å². The summed E-state index contributed by atoms with van der Waals surface area (Å²) in [6.07, 6.45) is 1.37. The van der Waals surface area contributed by atoms with Crippen LogP contribution in [0.5, 0.6) is 0 Å². The van der Waals surface area contributed by atoms with E-state index < -0.39 is 0 Å². The molecule has 0 saturated carbocycles. The molecular formula is C15H22ClN3O4. The highest BCUT2D eigenvalue weighted by molar-refractivity contribution is 5.91. The molecule has 0 aromatic carbocycles. The van der Waals surface area contributed by atoms with Gasteiger partial charge in [-0.25, -0.2) is 0 Å². The molecule has 7 nitrogen and oxygen atoms in total. The molecule has 8 heteroatoms. The molecule has 2 aliphatic rings. The van der Waals surface area contributed by atoms with Gasteiger partial charge in [0.15, 0.2) is 5.76 Å². The van der Waals surface area contributed by atoms with E-state index in [1.54, 1.807) is 21.9 Å². The minimum atomic E-state index is -0.291. The SMILES string of the molecule is C[C@H]1OCCN[C@@H]1C(=O)N1CCN(C(=O)c2ccco2)CC1.Cl. The quantitative estimate of drug-likeness (QED) is 0.839. The van der Waals surface area contributed by atoms with Crippen molar-refractivity contribution in [2.45, 2.75) is 19.1 Å². The Balaban J connectivity index is 0.00000192. The average molecular weight is 344 g/mol. The lowest BCUT2D eigenvalue weighted by molar-refractivity contribution is -0.140. The van der Waals surface area contributed by atoms with E-state index in [1.165, 1.54) is 6.26 Å². The first-order valence-electron chi connectivity index (χ1n) is 7.63. The Hall–Kier alpha value is -1.57. The van der Waals surface area contributed by atoms with Crippen LogP contribution in [0.25, 0.3) is 0 Å². The molecule has 0 unspecified atom stereocenters. The Morgan fingerprint density at radius 3 is 2.52 bits per heavy atom. The number of rotatable bonds is 2. The highest BCUT2D eigenvalue weighted by Crippen LogP contribution is 2.13. The van der Waals surface area contributed by atoms with E-state index in [1.807, 2.05) is 6.92 Å². The Morgan fingerprint density at radius 2 is 1.91 bits per heavy atom. The lowest BCUT2D eigenvalue weighted by Crippen LogP contribution is -2.60. The molecule has 1 aromatic rings. The Labute approximate surface area is 141 Å². The second-order valence-corrected chi connectivity index (χ2v) is 5.60. The summed E-state index contributed by atoms with van der Waals surface area (Å²) in [5.41, 5.74) is 0. The van der Waals surface area contributed by atoms with Crippen molar-refractivity contribution in [2.75, 3.05) is 39.3 Å². The molecule has 2 amide bonds. The van der Waals surface area contributed by atoms with Crippen LogP contribution in [0.2, 0.25) is 0 Å². The van der Waals surface area contributed by atoms with Gasteiger partial charge < -0.3 is 24.3 Å². The molecule has 0 radical (unpaired) electrons. The second kappa shape index (κ2) is 7.81. The zero-order valence-corrected chi connectivity index (χ0v) is 13.9. The van der Waals surface area contributed by atoms with Gasteiger partial charge >= 0.3 is 0 Å². The number of hydrogen-bond donors (Lipinski definition) is 1. The van der Waals surface area contributed by atoms with Gasteiger partial charge in [0, 0.05) is 32.7 Å². The molecule has 3 rings (SSSR count). The summed E-state index contributed by atoms with van der Waals surface area (Å²) in [4.78, 5) is 28.2. The number of carbonyl (C=O) groups is 2. The number of nitrogens with one attached hydrogen (secondary N) is 1. The third-order valence-corrected chi connectivity index (χ3v) is 4.19. The molecule has 2 aliphatic heterocycles. The van der Waals surface area contributed by atoms with Gasteiger partial charge in [-0.3, -0.25) is 9.59 Å². The fourth-order valence-electron chi connectivity index (χ4n) is 2.89. The summed E-state index contributed by atoms with van der Waals surface area (Å²) in [5, 5.41) is 3.21. The minimum Gasteiger partial charge on any atom is -0.459 e. The molecule has 1 N–H and O–H groups in total. The number of piperazine rings is 1. The van der Waals surface area contributed by atoms with Gasteiger partial charge in [0.05, 0.1) is 19.0 Å². The maximum Gasteiger partial charge on any atom is 0.289 e. The molecule has 2 fully saturated rings. The first kappa shape index (κ1) is 17.8. The van der Waals surface area contributed by atoms with Crippen molar-refractivity contribution in [1.29, 1.82) is 0 Å². The summed E-state index contributed by atoms with van der Waals surface area (Å²) in [6.45, 7) is 5.35. The number of amides is 2. The van der Waals surface area contributed by atoms with E-state index in [-0.39, 0.29) is 36.4 Å². The number of morpholine rings is 1. The first-order chi connectivity index (χ1) is 10.7. The Bertz CT molecular complexity index is 529. The lowest BCUT2D eigenvalue weighted by atomic mass is 10.1. The standard InChI is InChI=1S/C15H21N3O4.ClH/c1-11-13(16-4-10-21-11)15(20)18-7-5-17(6-8-18)14(19)12-3-2-9-22-12;/h2-3,9,11,13,16H,4-8,10H2,1H3;1H/t11-,13+;/m1./s1. The Kier molecular flexibility index (Phi) is 6.04. The van der Waals surface area contributed by atoms with Crippen LogP contribution in [0.4, 0.5) is 0 Å². The predicted molar refractivity (Wildman–Crippen MR) is 85.6 cm³/mol. The molecule has 0 spiro atoms. The van der Waals surface area contributed by atoms with Crippen LogP contribution in [0.3, 0.4) is 0 Å². The summed E-state index contributed by atoms with van der Waals surface area (Å²) < 4.78 is 10.7. The maximum absolute atomic E-state index is 12.5. The summed E-state index contributed by atoms with van der Waals surface area (Å²) in [5.74, 6) is 0.276. The largest absolute Gasteiger partial charge is 0.459 e. The smallest absolute Gasteiger partial charge is 0.289 e. The van der Waals surface area contributed by atoms with Gasteiger partial charge in [-0.15, -0.1) is 12.4 Å². The summed E-state index contributed by atoms with van der Waals surface area (Å²) in [6, 6.07) is 3.06. The predicted octanol–water partition coefficient (Wildman–Crippen LogP) is 0.363. The van der Waals surface area contributed by atoms with Crippen LogP contribution in [0, 0.1) is 0 Å². The van der Waals surface area contributed by atoms with Gasteiger partial charge in [0.1, 0.15) is 6.04 Å². The van der Waals surface area contributed by atoms with Crippen molar-refractivity contribution in [3.05, 3.63) is 24.2 Å². The molecule has 1 aromatic heterocycles. The molecule has 0 aliphatic carbocycles. The van der Waals surface area contributed by atoms with E-state index in [9.17, 15) is 9.59 Å². The van der Waals surface area contributed by atoms with Crippen LogP contribution in [-0.4, -0.2) is 73.1 Å². The number of halogens is 1. The van der Waals surface area contributed by atoms with Gasteiger partial charge in [-0.2, -0.15) is 0 Å². The van der Waals surface area contributed by atoms with Crippen LogP contribution < -0.4 is 5.32 Å². The van der Waals surface area contributed by atoms with Crippen LogP contribution in [-0.2, 0) is 9.53 Å². The maximum atomic E-state index is 12.5. The van der Waals surface area contributed by atoms with Crippen LogP contribution >= 0.6 is 12.4 Å².